The molecule has 0 saturated heterocycles. The second-order valence-electron chi connectivity index (χ2n) is 11.3. The minimum absolute atomic E-state index is 0.0106. The molecular weight excluding hydrogens is 578 g/mol. The number of nitrogens with one attached hydrogen (secondary N) is 1. The molecule has 3 amide bonds. The predicted octanol–water partition coefficient (Wildman–Crippen LogP) is 4.17. The lowest BCUT2D eigenvalue weighted by molar-refractivity contribution is -0.142. The van der Waals surface area contributed by atoms with E-state index in [1.807, 2.05) is 0 Å². The maximum absolute atomic E-state index is 14.2. The van der Waals surface area contributed by atoms with Crippen LogP contribution in [0, 0.1) is 23.5 Å². The van der Waals surface area contributed by atoms with Gasteiger partial charge in [-0.1, -0.05) is 12.1 Å². The summed E-state index contributed by atoms with van der Waals surface area (Å²) in [5.41, 5.74) is 1.18. The van der Waals surface area contributed by atoms with Gasteiger partial charge < -0.3 is 14.9 Å². The summed E-state index contributed by atoms with van der Waals surface area (Å²) in [6, 6.07) is 11.4. The van der Waals surface area contributed by atoms with E-state index >= 15 is 0 Å². The quantitative estimate of drug-likeness (QED) is 0.250. The number of nitrogens with zero attached hydrogens (tertiary/aromatic N) is 3. The monoisotopic (exact) mass is 608 g/mol. The Morgan fingerprint density at radius 2 is 1.47 bits per heavy atom. The molecule has 1 aromatic heterocycles. The normalized spacial score (nSPS) is 17.9. The van der Waals surface area contributed by atoms with E-state index in [-0.39, 0.29) is 22.4 Å². The second-order valence-corrected chi connectivity index (χ2v) is 12.2. The molecule has 1 aliphatic heterocycles. The Kier molecular flexibility index (Phi) is 7.97. The highest BCUT2D eigenvalue weighted by Gasteiger charge is 2.46. The number of benzene rings is 2. The van der Waals surface area contributed by atoms with Crippen LogP contribution >= 0.6 is 11.3 Å². The number of halogens is 2. The Balaban J connectivity index is 1.37. The Labute approximate surface area is 250 Å². The van der Waals surface area contributed by atoms with Crippen LogP contribution in [0.4, 0.5) is 25.2 Å². The fourth-order valence-electron chi connectivity index (χ4n) is 5.40. The number of carbonyl (C=O) groups is 4. The van der Waals surface area contributed by atoms with Crippen LogP contribution in [0.15, 0.2) is 60.0 Å². The highest BCUT2D eigenvalue weighted by molar-refractivity contribution is 7.14. The van der Waals surface area contributed by atoms with Crippen molar-refractivity contribution in [1.82, 2.24) is 5.32 Å². The summed E-state index contributed by atoms with van der Waals surface area (Å²) >= 11 is 1.08. The first-order valence-corrected chi connectivity index (χ1v) is 15.1. The van der Waals surface area contributed by atoms with Crippen molar-refractivity contribution in [2.75, 3.05) is 27.8 Å². The van der Waals surface area contributed by atoms with Gasteiger partial charge in [0.05, 0.1) is 22.8 Å². The van der Waals surface area contributed by atoms with Gasteiger partial charge in [0, 0.05) is 19.2 Å². The van der Waals surface area contributed by atoms with E-state index in [0.29, 0.717) is 30.5 Å². The smallest absolute Gasteiger partial charge is 0.342 e. The number of fused-ring (bicyclic) bond motifs is 1. The molecule has 2 saturated carbocycles. The van der Waals surface area contributed by atoms with Gasteiger partial charge in [-0.3, -0.25) is 24.6 Å². The number of aliphatic carboxylic acids is 1. The Bertz CT molecular complexity index is 1490. The van der Waals surface area contributed by atoms with E-state index in [1.165, 1.54) is 6.07 Å². The van der Waals surface area contributed by atoms with Gasteiger partial charge in [-0.05, 0) is 84.9 Å². The first kappa shape index (κ1) is 28.9. The first-order chi connectivity index (χ1) is 20.7. The fourth-order valence-corrected chi connectivity index (χ4v) is 6.17. The third-order valence-electron chi connectivity index (χ3n) is 7.87. The van der Waals surface area contributed by atoms with Crippen LogP contribution < -0.4 is 20.0 Å². The average molecular weight is 609 g/mol. The number of para-hydroxylation sites is 2. The van der Waals surface area contributed by atoms with E-state index in [9.17, 15) is 33.1 Å². The van der Waals surface area contributed by atoms with Crippen molar-refractivity contribution in [1.29, 1.82) is 0 Å². The third-order valence-corrected chi connectivity index (χ3v) is 8.74. The number of carboxylic acid groups (broad SMARTS) is 1. The number of amides is 3. The summed E-state index contributed by atoms with van der Waals surface area (Å²) in [6.07, 6.45) is 1.43. The Morgan fingerprint density at radius 3 is 1.93 bits per heavy atom. The second kappa shape index (κ2) is 11.8. The van der Waals surface area contributed by atoms with E-state index < -0.39 is 54.0 Å². The average Bonchev–Trinajstić information content (AvgIpc) is 3.90. The molecular formula is C31H30F2N4O5S. The zero-order valence-corrected chi connectivity index (χ0v) is 23.9. The molecule has 2 N–H and O–H groups in total. The summed E-state index contributed by atoms with van der Waals surface area (Å²) in [5, 5.41) is 15.0. The van der Waals surface area contributed by atoms with Gasteiger partial charge in [-0.15, -0.1) is 11.3 Å². The molecule has 2 aromatic carbocycles. The van der Waals surface area contributed by atoms with E-state index in [1.54, 1.807) is 45.5 Å². The van der Waals surface area contributed by atoms with Crippen molar-refractivity contribution in [3.8, 4) is 0 Å². The van der Waals surface area contributed by atoms with Crippen molar-refractivity contribution in [2.24, 2.45) is 11.8 Å². The van der Waals surface area contributed by atoms with Crippen LogP contribution in [-0.2, 0) is 25.6 Å². The first-order valence-electron chi connectivity index (χ1n) is 14.2. The third kappa shape index (κ3) is 6.30. The molecule has 0 spiro atoms. The fraction of sp³-hybridized carbons (Fsp3) is 0.355. The SMILES string of the molecule is O=C(O)C(NC1C(=O)N(CC2CC2)c2ccccc2N(CC2CC2)C1=O)N(C(=O)Cc1cc(F)cc(F)c1)c1cccs1. The van der Waals surface area contributed by atoms with Crippen LogP contribution in [0.1, 0.15) is 31.2 Å². The van der Waals surface area contributed by atoms with E-state index in [2.05, 4.69) is 5.32 Å². The maximum Gasteiger partial charge on any atom is 0.342 e. The molecule has 12 heteroatoms. The van der Waals surface area contributed by atoms with Gasteiger partial charge in [0.25, 0.3) is 11.8 Å². The molecule has 0 radical (unpaired) electrons. The summed E-state index contributed by atoms with van der Waals surface area (Å²) in [7, 11) is 0. The standard InChI is InChI=1S/C31H30F2N4O5S/c32-21-12-20(13-22(33)15-21)14-25(38)37(26-6-3-11-43-26)28(31(41)42)34-27-29(39)35(16-18-7-8-18)23-4-1-2-5-24(23)36(30(27)40)17-19-9-10-19/h1-6,11-13,15,18-19,27-28,34H,7-10,14,16-17H2,(H,41,42). The summed E-state index contributed by atoms with van der Waals surface area (Å²) in [6.45, 7) is 0.768. The predicted molar refractivity (Wildman–Crippen MR) is 157 cm³/mol. The topological polar surface area (TPSA) is 110 Å². The highest BCUT2D eigenvalue weighted by atomic mass is 32.1. The Morgan fingerprint density at radius 1 is 0.907 bits per heavy atom. The molecule has 1 atom stereocenters. The molecule has 2 aliphatic carbocycles. The van der Waals surface area contributed by atoms with Crippen molar-refractivity contribution in [3.63, 3.8) is 0 Å². The van der Waals surface area contributed by atoms with Crippen molar-refractivity contribution >= 4 is 51.4 Å². The molecule has 1 unspecified atom stereocenters. The molecule has 0 bridgehead atoms. The molecule has 3 aromatic rings. The highest BCUT2D eigenvalue weighted by Crippen LogP contribution is 2.40. The molecule has 3 aliphatic rings. The van der Waals surface area contributed by atoms with Crippen LogP contribution in [-0.4, -0.2) is 54.1 Å². The molecule has 6 rings (SSSR count). The number of hydrogen-bond donors (Lipinski definition) is 2. The lowest BCUT2D eigenvalue weighted by Gasteiger charge is -2.32. The van der Waals surface area contributed by atoms with Crippen molar-refractivity contribution < 1.29 is 33.1 Å². The van der Waals surface area contributed by atoms with Crippen molar-refractivity contribution in [3.05, 3.63) is 77.2 Å². The zero-order valence-electron chi connectivity index (χ0n) is 23.1. The number of anilines is 3. The van der Waals surface area contributed by atoms with Crippen LogP contribution in [0.2, 0.25) is 0 Å². The van der Waals surface area contributed by atoms with Crippen LogP contribution in [0.3, 0.4) is 0 Å². The van der Waals surface area contributed by atoms with Gasteiger partial charge in [-0.25, -0.2) is 13.6 Å². The molecule has 2 fully saturated rings. The number of carboxylic acids is 1. The summed E-state index contributed by atoms with van der Waals surface area (Å²) < 4.78 is 27.8. The molecule has 9 nitrogen and oxygen atoms in total. The zero-order chi connectivity index (χ0) is 30.2. The lowest BCUT2D eigenvalue weighted by atomic mass is 10.1. The number of carbonyl (C=O) groups excluding carboxylic acids is 3. The van der Waals surface area contributed by atoms with Crippen LogP contribution in [0.5, 0.6) is 0 Å². The van der Waals surface area contributed by atoms with Crippen molar-refractivity contribution in [2.45, 2.75) is 44.3 Å². The molecule has 224 valence electrons. The van der Waals surface area contributed by atoms with Gasteiger partial charge in [0.15, 0.2) is 12.2 Å². The lowest BCUT2D eigenvalue weighted by Crippen LogP contribution is -2.63. The van der Waals surface area contributed by atoms with Gasteiger partial charge in [-0.2, -0.15) is 0 Å². The summed E-state index contributed by atoms with van der Waals surface area (Å²) in [5.74, 6) is -4.69. The minimum atomic E-state index is -1.84. The number of rotatable bonds is 11. The van der Waals surface area contributed by atoms with Gasteiger partial charge >= 0.3 is 5.97 Å². The van der Waals surface area contributed by atoms with Gasteiger partial charge in [0.2, 0.25) is 5.91 Å². The molecule has 2 heterocycles. The van der Waals surface area contributed by atoms with E-state index in [0.717, 1.165) is 54.1 Å². The minimum Gasteiger partial charge on any atom is -0.479 e. The molecule has 43 heavy (non-hydrogen) atoms. The maximum atomic E-state index is 14.2. The largest absolute Gasteiger partial charge is 0.479 e. The number of hydrogen-bond acceptors (Lipinski definition) is 6. The van der Waals surface area contributed by atoms with Crippen LogP contribution in [0.25, 0.3) is 0 Å². The summed E-state index contributed by atoms with van der Waals surface area (Å²) in [4.78, 5) is 58.9. The van der Waals surface area contributed by atoms with E-state index in [4.69, 9.17) is 0 Å². The number of thiophene rings is 1. The van der Waals surface area contributed by atoms with Gasteiger partial charge in [0.1, 0.15) is 11.6 Å². The Hall–Kier alpha value is -4.16.